The first kappa shape index (κ1) is 33.4. The molecule has 0 saturated carbocycles. The molecule has 0 spiro atoms. The van der Waals surface area contributed by atoms with E-state index in [2.05, 4.69) is 75.1 Å². The topological polar surface area (TPSA) is 52.9 Å². The number of hydrogen-bond acceptors (Lipinski definition) is 4. The van der Waals surface area contributed by atoms with Crippen molar-refractivity contribution in [1.29, 1.82) is 0 Å². The molecule has 1 aliphatic rings. The molecule has 0 fully saturated rings. The van der Waals surface area contributed by atoms with Crippen molar-refractivity contribution in [2.45, 2.75) is 92.1 Å². The number of nitrogens with zero attached hydrogens (tertiary/aromatic N) is 1. The Labute approximate surface area is 254 Å². The normalized spacial score (nSPS) is 16.3. The van der Waals surface area contributed by atoms with Gasteiger partial charge in [0.1, 0.15) is 11.5 Å². The Morgan fingerprint density at radius 2 is 1.55 bits per heavy atom. The number of allylic oxidation sites excluding steroid dienone is 2. The zero-order valence-corrected chi connectivity index (χ0v) is 26.9. The zero-order chi connectivity index (χ0) is 30.5. The molecule has 4 nitrogen and oxygen atoms in total. The molecule has 228 valence electrons. The van der Waals surface area contributed by atoms with Gasteiger partial charge >= 0.3 is 0 Å². The van der Waals surface area contributed by atoms with E-state index in [1.54, 1.807) is 6.07 Å². The van der Waals surface area contributed by atoms with Gasteiger partial charge in [-0.3, -0.25) is 0 Å². The largest absolute Gasteiger partial charge is 0.508 e. The summed E-state index contributed by atoms with van der Waals surface area (Å²) in [6.45, 7) is 17.2. The van der Waals surface area contributed by atoms with Crippen molar-refractivity contribution in [2.75, 3.05) is 26.2 Å². The first-order chi connectivity index (χ1) is 20.2. The van der Waals surface area contributed by atoms with Crippen molar-refractivity contribution in [3.63, 3.8) is 0 Å². The van der Waals surface area contributed by atoms with E-state index in [0.717, 1.165) is 47.1 Å². The van der Waals surface area contributed by atoms with Gasteiger partial charge in [-0.2, -0.15) is 0 Å². The van der Waals surface area contributed by atoms with E-state index in [-0.39, 0.29) is 0 Å². The minimum atomic E-state index is -0.796. The molecule has 3 aromatic rings. The van der Waals surface area contributed by atoms with Gasteiger partial charge in [-0.15, -0.1) is 0 Å². The number of phenols is 1. The molecular formula is C38H53NO3. The third-order valence-corrected chi connectivity index (χ3v) is 8.07. The average molecular weight is 572 g/mol. The summed E-state index contributed by atoms with van der Waals surface area (Å²) in [5.41, 5.74) is 4.83. The van der Waals surface area contributed by atoms with Crippen LogP contribution >= 0.6 is 0 Å². The maximum absolute atomic E-state index is 10.3. The highest BCUT2D eigenvalue weighted by molar-refractivity contribution is 5.95. The standard InChI is InChI=1S/C30H34O3.C8H19N/c1-4-5-6-19-33-24-9-7-22(8-10-24)20-28-26(23-15-17-30(3,32)18-16-23)12-11-25-21(2)29(31)14-13-27(25)28;1-4-7-9(6-3)8-5-2/h7-17,31-32H,4-6,18-20H2,1-3H3;4-8H2,1-3H3. The molecule has 4 rings (SSSR count). The lowest BCUT2D eigenvalue weighted by molar-refractivity contribution is 0.114. The summed E-state index contributed by atoms with van der Waals surface area (Å²) in [4.78, 5) is 2.49. The fraction of sp³-hybridized carbons (Fsp3) is 0.474. The third kappa shape index (κ3) is 9.47. The van der Waals surface area contributed by atoms with Crippen LogP contribution in [0.15, 0.2) is 66.8 Å². The fourth-order valence-corrected chi connectivity index (χ4v) is 5.50. The second-order valence-corrected chi connectivity index (χ2v) is 11.8. The van der Waals surface area contributed by atoms with Crippen molar-refractivity contribution >= 4 is 16.3 Å². The lowest BCUT2D eigenvalue weighted by Gasteiger charge is -2.23. The molecule has 42 heavy (non-hydrogen) atoms. The molecule has 0 radical (unpaired) electrons. The summed E-state index contributed by atoms with van der Waals surface area (Å²) in [6, 6.07) is 16.4. The number of unbranched alkanes of at least 4 members (excludes halogenated alkanes) is 2. The molecule has 3 aromatic carbocycles. The van der Waals surface area contributed by atoms with Crippen LogP contribution in [0.2, 0.25) is 0 Å². The van der Waals surface area contributed by atoms with Crippen molar-refractivity contribution in [2.24, 2.45) is 0 Å². The number of aromatic hydroxyl groups is 1. The number of aliphatic hydroxyl groups is 1. The molecule has 0 amide bonds. The monoisotopic (exact) mass is 571 g/mol. The number of ether oxygens (including phenoxy) is 1. The first-order valence-corrected chi connectivity index (χ1v) is 16.0. The average Bonchev–Trinajstić information content (AvgIpc) is 2.98. The Kier molecular flexibility index (Phi) is 13.2. The molecule has 2 N–H and O–H groups in total. The molecular weight excluding hydrogens is 518 g/mol. The summed E-state index contributed by atoms with van der Waals surface area (Å²) in [5, 5.41) is 22.8. The third-order valence-electron chi connectivity index (χ3n) is 8.07. The van der Waals surface area contributed by atoms with Crippen molar-refractivity contribution < 1.29 is 14.9 Å². The fourth-order valence-electron chi connectivity index (χ4n) is 5.50. The molecule has 0 aliphatic heterocycles. The van der Waals surface area contributed by atoms with Crippen LogP contribution in [-0.4, -0.2) is 47.0 Å². The molecule has 0 heterocycles. The Morgan fingerprint density at radius 1 is 0.857 bits per heavy atom. The van der Waals surface area contributed by atoms with Gasteiger partial charge in [0.05, 0.1) is 12.2 Å². The van der Waals surface area contributed by atoms with Crippen LogP contribution < -0.4 is 4.74 Å². The van der Waals surface area contributed by atoms with Gasteiger partial charge in [-0.1, -0.05) is 89.1 Å². The van der Waals surface area contributed by atoms with E-state index < -0.39 is 5.60 Å². The Bertz CT molecular complexity index is 1310. The van der Waals surface area contributed by atoms with E-state index in [1.165, 1.54) is 62.0 Å². The van der Waals surface area contributed by atoms with E-state index in [4.69, 9.17) is 4.74 Å². The summed E-state index contributed by atoms with van der Waals surface area (Å²) in [6.07, 6.45) is 13.4. The Balaban J connectivity index is 0.000000467. The maximum atomic E-state index is 10.3. The predicted octanol–water partition coefficient (Wildman–Crippen LogP) is 9.24. The van der Waals surface area contributed by atoms with E-state index in [9.17, 15) is 10.2 Å². The summed E-state index contributed by atoms with van der Waals surface area (Å²) in [5.74, 6) is 1.23. The van der Waals surface area contributed by atoms with Gasteiger partial charge in [0.15, 0.2) is 0 Å². The number of aryl methyl sites for hydroxylation is 1. The van der Waals surface area contributed by atoms with Crippen LogP contribution in [0.1, 0.15) is 95.4 Å². The maximum Gasteiger partial charge on any atom is 0.119 e. The van der Waals surface area contributed by atoms with Gasteiger partial charge in [-0.05, 0) is 122 Å². The number of phenolic OH excluding ortho intramolecular Hbond substituents is 1. The van der Waals surface area contributed by atoms with Gasteiger partial charge in [-0.25, -0.2) is 0 Å². The molecule has 0 saturated heterocycles. The van der Waals surface area contributed by atoms with Crippen LogP contribution in [0.4, 0.5) is 0 Å². The highest BCUT2D eigenvalue weighted by Crippen LogP contribution is 2.36. The Morgan fingerprint density at radius 3 is 2.14 bits per heavy atom. The minimum Gasteiger partial charge on any atom is -0.508 e. The van der Waals surface area contributed by atoms with Crippen molar-refractivity contribution in [1.82, 2.24) is 4.90 Å². The number of hydrogen-bond donors (Lipinski definition) is 2. The van der Waals surface area contributed by atoms with Crippen LogP contribution in [0.3, 0.4) is 0 Å². The van der Waals surface area contributed by atoms with Crippen molar-refractivity contribution in [3.8, 4) is 11.5 Å². The highest BCUT2D eigenvalue weighted by Gasteiger charge is 2.21. The lowest BCUT2D eigenvalue weighted by Crippen LogP contribution is -2.24. The zero-order valence-electron chi connectivity index (χ0n) is 26.9. The quantitative estimate of drug-likeness (QED) is 0.201. The second kappa shape index (κ2) is 16.5. The Hall–Kier alpha value is -3.08. The SMILES string of the molecule is CCCCCOc1ccc(Cc2c(C3=CCC(C)(O)C=C3)ccc3c(C)c(O)ccc23)cc1.CCCN(CC)CCC. The number of benzene rings is 3. The molecule has 4 heteroatoms. The van der Waals surface area contributed by atoms with E-state index in [0.29, 0.717) is 12.2 Å². The predicted molar refractivity (Wildman–Crippen MR) is 180 cm³/mol. The van der Waals surface area contributed by atoms with Gasteiger partial charge in [0.2, 0.25) is 0 Å². The first-order valence-electron chi connectivity index (χ1n) is 16.0. The summed E-state index contributed by atoms with van der Waals surface area (Å²) in [7, 11) is 0. The number of rotatable bonds is 13. The van der Waals surface area contributed by atoms with Crippen molar-refractivity contribution in [3.05, 3.63) is 89.0 Å². The summed E-state index contributed by atoms with van der Waals surface area (Å²) < 4.78 is 5.88. The van der Waals surface area contributed by atoms with Gasteiger partial charge in [0, 0.05) is 0 Å². The number of fused-ring (bicyclic) bond motifs is 1. The second-order valence-electron chi connectivity index (χ2n) is 11.8. The smallest absolute Gasteiger partial charge is 0.119 e. The lowest BCUT2D eigenvalue weighted by atomic mass is 9.85. The van der Waals surface area contributed by atoms with Gasteiger partial charge < -0.3 is 19.8 Å². The van der Waals surface area contributed by atoms with E-state index in [1.807, 2.05) is 32.1 Å². The van der Waals surface area contributed by atoms with Crippen LogP contribution in [-0.2, 0) is 6.42 Å². The molecule has 0 aromatic heterocycles. The molecule has 1 atom stereocenters. The highest BCUT2D eigenvalue weighted by atomic mass is 16.5. The minimum absolute atomic E-state index is 0.318. The van der Waals surface area contributed by atoms with Crippen LogP contribution in [0.5, 0.6) is 11.5 Å². The van der Waals surface area contributed by atoms with E-state index >= 15 is 0 Å². The molecule has 1 unspecified atom stereocenters. The molecule has 1 aliphatic carbocycles. The summed E-state index contributed by atoms with van der Waals surface area (Å²) >= 11 is 0. The van der Waals surface area contributed by atoms with Crippen LogP contribution in [0, 0.1) is 6.92 Å². The van der Waals surface area contributed by atoms with Crippen LogP contribution in [0.25, 0.3) is 16.3 Å². The molecule has 0 bridgehead atoms. The van der Waals surface area contributed by atoms with Gasteiger partial charge in [0.25, 0.3) is 0 Å².